The highest BCUT2D eigenvalue weighted by atomic mass is 16.5. The Morgan fingerprint density at radius 3 is 2.42 bits per heavy atom. The zero-order valence-corrected chi connectivity index (χ0v) is 8.43. The third-order valence-electron chi connectivity index (χ3n) is 2.03. The van der Waals surface area contributed by atoms with Gasteiger partial charge in [0.1, 0.15) is 0 Å². The summed E-state index contributed by atoms with van der Waals surface area (Å²) in [6, 6.07) is 0. The molecule has 1 unspecified atom stereocenters. The molecular formula is C10H20O2. The van der Waals surface area contributed by atoms with Crippen LogP contribution in [0.15, 0.2) is 0 Å². The van der Waals surface area contributed by atoms with E-state index in [9.17, 15) is 4.79 Å². The lowest BCUT2D eigenvalue weighted by Crippen LogP contribution is -2.10. The van der Waals surface area contributed by atoms with E-state index < -0.39 is 0 Å². The smallest absolute Gasteiger partial charge is 0.306 e. The molecule has 0 radical (unpaired) electrons. The van der Waals surface area contributed by atoms with E-state index in [0.29, 0.717) is 18.9 Å². The minimum Gasteiger partial charge on any atom is -0.466 e. The maximum Gasteiger partial charge on any atom is 0.306 e. The molecular weight excluding hydrogens is 152 g/mol. The fraction of sp³-hybridized carbons (Fsp3) is 0.900. The fourth-order valence-corrected chi connectivity index (χ4v) is 1.31. The molecule has 0 aromatic carbocycles. The molecule has 0 bridgehead atoms. The summed E-state index contributed by atoms with van der Waals surface area (Å²) in [6.07, 6.45) is 3.96. The molecule has 0 heterocycles. The van der Waals surface area contributed by atoms with E-state index in [4.69, 9.17) is 4.74 Å². The lowest BCUT2D eigenvalue weighted by molar-refractivity contribution is -0.144. The summed E-state index contributed by atoms with van der Waals surface area (Å²) in [7, 11) is 0. The number of hydrogen-bond donors (Lipinski definition) is 0. The van der Waals surface area contributed by atoms with Gasteiger partial charge in [0.15, 0.2) is 0 Å². The standard InChI is InChI=1S/C10H20O2/c1-4-7-9(5-2)8-10(11)12-6-3/h9H,4-8H2,1-3H3. The topological polar surface area (TPSA) is 26.3 Å². The van der Waals surface area contributed by atoms with E-state index in [0.717, 1.165) is 19.3 Å². The molecule has 0 amide bonds. The van der Waals surface area contributed by atoms with Gasteiger partial charge in [-0.25, -0.2) is 0 Å². The van der Waals surface area contributed by atoms with E-state index in [2.05, 4.69) is 13.8 Å². The van der Waals surface area contributed by atoms with E-state index >= 15 is 0 Å². The monoisotopic (exact) mass is 172 g/mol. The molecule has 72 valence electrons. The van der Waals surface area contributed by atoms with Gasteiger partial charge in [0.2, 0.25) is 0 Å². The number of ether oxygens (including phenoxy) is 1. The Labute approximate surface area is 75.3 Å². The molecule has 2 nitrogen and oxygen atoms in total. The van der Waals surface area contributed by atoms with E-state index in [1.807, 2.05) is 6.92 Å². The summed E-state index contributed by atoms with van der Waals surface area (Å²) >= 11 is 0. The second kappa shape index (κ2) is 7.14. The predicted octanol–water partition coefficient (Wildman–Crippen LogP) is 2.77. The van der Waals surface area contributed by atoms with Crippen LogP contribution < -0.4 is 0 Å². The number of carbonyl (C=O) groups excluding carboxylic acids is 1. The number of rotatable bonds is 6. The van der Waals surface area contributed by atoms with Gasteiger partial charge >= 0.3 is 5.97 Å². The van der Waals surface area contributed by atoms with E-state index in [1.165, 1.54) is 0 Å². The minimum absolute atomic E-state index is 0.0437. The first-order chi connectivity index (χ1) is 5.74. The quantitative estimate of drug-likeness (QED) is 0.576. The SMILES string of the molecule is CCCC(CC)CC(=O)OCC. The van der Waals surface area contributed by atoms with Gasteiger partial charge in [-0.2, -0.15) is 0 Å². The first kappa shape index (κ1) is 11.5. The van der Waals surface area contributed by atoms with Crippen LogP contribution in [0.25, 0.3) is 0 Å². The van der Waals surface area contributed by atoms with Crippen molar-refractivity contribution in [3.8, 4) is 0 Å². The van der Waals surface area contributed by atoms with Crippen LogP contribution in [0.3, 0.4) is 0 Å². The Morgan fingerprint density at radius 2 is 2.00 bits per heavy atom. The Hall–Kier alpha value is -0.530. The van der Waals surface area contributed by atoms with Gasteiger partial charge in [-0.3, -0.25) is 4.79 Å². The summed E-state index contributed by atoms with van der Waals surface area (Å²) in [6.45, 7) is 6.62. The van der Waals surface area contributed by atoms with Crippen LogP contribution in [0.5, 0.6) is 0 Å². The Morgan fingerprint density at radius 1 is 1.33 bits per heavy atom. The number of carbonyl (C=O) groups is 1. The van der Waals surface area contributed by atoms with Crippen molar-refractivity contribution in [3.05, 3.63) is 0 Å². The zero-order valence-electron chi connectivity index (χ0n) is 8.43. The summed E-state index contributed by atoms with van der Waals surface area (Å²) in [4.78, 5) is 11.1. The first-order valence-electron chi connectivity index (χ1n) is 4.90. The highest BCUT2D eigenvalue weighted by Gasteiger charge is 2.11. The lowest BCUT2D eigenvalue weighted by Gasteiger charge is -2.11. The van der Waals surface area contributed by atoms with Crippen LogP contribution >= 0.6 is 0 Å². The summed E-state index contributed by atoms with van der Waals surface area (Å²) in [5.74, 6) is 0.479. The van der Waals surface area contributed by atoms with Gasteiger partial charge in [0.05, 0.1) is 6.61 Å². The third kappa shape index (κ3) is 5.16. The van der Waals surface area contributed by atoms with Crippen LogP contribution in [0.2, 0.25) is 0 Å². The van der Waals surface area contributed by atoms with Gasteiger partial charge in [-0.05, 0) is 12.8 Å². The summed E-state index contributed by atoms with van der Waals surface area (Å²) in [5.41, 5.74) is 0. The molecule has 0 N–H and O–H groups in total. The van der Waals surface area contributed by atoms with Crippen molar-refractivity contribution in [2.24, 2.45) is 5.92 Å². The molecule has 0 aromatic heterocycles. The van der Waals surface area contributed by atoms with Crippen LogP contribution in [0, 0.1) is 5.92 Å². The summed E-state index contributed by atoms with van der Waals surface area (Å²) in [5, 5.41) is 0. The van der Waals surface area contributed by atoms with E-state index in [1.54, 1.807) is 0 Å². The van der Waals surface area contributed by atoms with Crippen LogP contribution in [-0.2, 0) is 9.53 Å². The van der Waals surface area contributed by atoms with Crippen molar-refractivity contribution < 1.29 is 9.53 Å². The van der Waals surface area contributed by atoms with Gasteiger partial charge in [-0.1, -0.05) is 33.1 Å². The van der Waals surface area contributed by atoms with Gasteiger partial charge in [0, 0.05) is 6.42 Å². The summed E-state index contributed by atoms with van der Waals surface area (Å²) < 4.78 is 4.88. The van der Waals surface area contributed by atoms with Gasteiger partial charge < -0.3 is 4.74 Å². The highest BCUT2D eigenvalue weighted by molar-refractivity contribution is 5.69. The molecule has 0 aliphatic rings. The largest absolute Gasteiger partial charge is 0.466 e. The molecule has 0 saturated heterocycles. The Bertz CT molecular complexity index is 121. The lowest BCUT2D eigenvalue weighted by atomic mass is 9.97. The molecule has 1 atom stereocenters. The molecule has 0 aromatic rings. The minimum atomic E-state index is -0.0437. The second-order valence-electron chi connectivity index (χ2n) is 3.07. The Balaban J connectivity index is 3.61. The number of esters is 1. The molecule has 0 aliphatic heterocycles. The average Bonchev–Trinajstić information content (AvgIpc) is 2.04. The van der Waals surface area contributed by atoms with Crippen molar-refractivity contribution in [1.29, 1.82) is 0 Å². The molecule has 0 saturated carbocycles. The molecule has 0 aliphatic carbocycles. The predicted molar refractivity (Wildman–Crippen MR) is 49.9 cm³/mol. The van der Waals surface area contributed by atoms with Crippen molar-refractivity contribution in [2.45, 2.75) is 46.5 Å². The molecule has 12 heavy (non-hydrogen) atoms. The normalized spacial score (nSPS) is 12.6. The number of hydrogen-bond acceptors (Lipinski definition) is 2. The average molecular weight is 172 g/mol. The van der Waals surface area contributed by atoms with Crippen LogP contribution in [0.4, 0.5) is 0 Å². The second-order valence-corrected chi connectivity index (χ2v) is 3.07. The maximum atomic E-state index is 11.1. The zero-order chi connectivity index (χ0) is 9.40. The van der Waals surface area contributed by atoms with Crippen molar-refractivity contribution in [3.63, 3.8) is 0 Å². The van der Waals surface area contributed by atoms with Crippen molar-refractivity contribution in [2.75, 3.05) is 6.61 Å². The molecule has 0 rings (SSSR count). The van der Waals surface area contributed by atoms with Crippen LogP contribution in [-0.4, -0.2) is 12.6 Å². The first-order valence-corrected chi connectivity index (χ1v) is 4.90. The van der Waals surface area contributed by atoms with Crippen LogP contribution in [0.1, 0.15) is 46.5 Å². The van der Waals surface area contributed by atoms with Crippen molar-refractivity contribution in [1.82, 2.24) is 0 Å². The maximum absolute atomic E-state index is 11.1. The molecule has 0 spiro atoms. The Kier molecular flexibility index (Phi) is 6.82. The fourth-order valence-electron chi connectivity index (χ4n) is 1.31. The third-order valence-corrected chi connectivity index (χ3v) is 2.03. The van der Waals surface area contributed by atoms with Crippen molar-refractivity contribution >= 4 is 5.97 Å². The molecule has 2 heteroatoms. The highest BCUT2D eigenvalue weighted by Crippen LogP contribution is 2.15. The van der Waals surface area contributed by atoms with Gasteiger partial charge in [0.25, 0.3) is 0 Å². The van der Waals surface area contributed by atoms with E-state index in [-0.39, 0.29) is 5.97 Å². The van der Waals surface area contributed by atoms with Gasteiger partial charge in [-0.15, -0.1) is 0 Å². The molecule has 0 fully saturated rings.